The zero-order valence-corrected chi connectivity index (χ0v) is 14.0. The number of amides is 2. The summed E-state index contributed by atoms with van der Waals surface area (Å²) in [6, 6.07) is 10.6. The minimum absolute atomic E-state index is 0.0846. The van der Waals surface area contributed by atoms with Crippen LogP contribution < -0.4 is 15.4 Å². The van der Waals surface area contributed by atoms with E-state index in [4.69, 9.17) is 9.15 Å². The second-order valence-electron chi connectivity index (χ2n) is 5.94. The lowest BCUT2D eigenvalue weighted by atomic mass is 10.2. The van der Waals surface area contributed by atoms with Gasteiger partial charge in [-0.25, -0.2) is 4.79 Å². The van der Waals surface area contributed by atoms with E-state index in [0.717, 1.165) is 11.3 Å². The number of hydrogen-bond donors (Lipinski definition) is 3. The Balaban J connectivity index is 1.69. The minimum Gasteiger partial charge on any atom is -0.493 e. The van der Waals surface area contributed by atoms with Gasteiger partial charge in [-0.2, -0.15) is 0 Å². The third kappa shape index (κ3) is 5.96. The molecule has 1 aromatic heterocycles. The number of aliphatic hydroxyl groups excluding tert-OH is 1. The normalized spacial score (nSPS) is 12.0. The van der Waals surface area contributed by atoms with Gasteiger partial charge in [0, 0.05) is 6.54 Å². The van der Waals surface area contributed by atoms with Crippen LogP contribution in [0.25, 0.3) is 0 Å². The van der Waals surface area contributed by atoms with Gasteiger partial charge in [0.1, 0.15) is 17.6 Å². The van der Waals surface area contributed by atoms with E-state index in [1.807, 2.05) is 24.3 Å². The van der Waals surface area contributed by atoms with Crippen molar-refractivity contribution in [3.63, 3.8) is 0 Å². The SMILES string of the molecule is CC(C)COc1ccc(CNC(=O)NCC(O)c2ccco2)cc1. The van der Waals surface area contributed by atoms with Crippen LogP contribution in [0.1, 0.15) is 31.3 Å². The molecule has 0 saturated carbocycles. The van der Waals surface area contributed by atoms with Gasteiger partial charge < -0.3 is 24.9 Å². The molecule has 0 spiro atoms. The van der Waals surface area contributed by atoms with E-state index in [1.54, 1.807) is 12.1 Å². The first-order valence-electron chi connectivity index (χ1n) is 7.99. The lowest BCUT2D eigenvalue weighted by Gasteiger charge is -2.11. The number of rotatable bonds is 8. The van der Waals surface area contributed by atoms with Gasteiger partial charge in [-0.1, -0.05) is 26.0 Å². The number of ether oxygens (including phenoxy) is 1. The monoisotopic (exact) mass is 332 g/mol. The molecule has 1 unspecified atom stereocenters. The Morgan fingerprint density at radius 2 is 1.96 bits per heavy atom. The fourth-order valence-corrected chi connectivity index (χ4v) is 1.98. The van der Waals surface area contributed by atoms with Gasteiger partial charge in [0.05, 0.1) is 19.4 Å². The fourth-order valence-electron chi connectivity index (χ4n) is 1.98. The third-order valence-electron chi connectivity index (χ3n) is 3.29. The van der Waals surface area contributed by atoms with Gasteiger partial charge in [0.15, 0.2) is 0 Å². The van der Waals surface area contributed by atoms with E-state index in [9.17, 15) is 9.90 Å². The molecule has 130 valence electrons. The molecular weight excluding hydrogens is 308 g/mol. The van der Waals surface area contributed by atoms with Crippen LogP contribution in [-0.2, 0) is 6.54 Å². The Kier molecular flexibility index (Phi) is 6.69. The maximum Gasteiger partial charge on any atom is 0.315 e. The summed E-state index contributed by atoms with van der Waals surface area (Å²) in [5, 5.41) is 15.2. The summed E-state index contributed by atoms with van der Waals surface area (Å²) in [5.41, 5.74) is 0.966. The van der Waals surface area contributed by atoms with Gasteiger partial charge in [-0.05, 0) is 35.7 Å². The molecule has 0 radical (unpaired) electrons. The Morgan fingerprint density at radius 3 is 2.58 bits per heavy atom. The predicted molar refractivity (Wildman–Crippen MR) is 90.7 cm³/mol. The Labute approximate surface area is 141 Å². The molecule has 6 nitrogen and oxygen atoms in total. The van der Waals surface area contributed by atoms with Crippen molar-refractivity contribution in [2.45, 2.75) is 26.5 Å². The molecule has 2 aromatic rings. The van der Waals surface area contributed by atoms with Crippen LogP contribution in [-0.4, -0.2) is 24.3 Å². The lowest BCUT2D eigenvalue weighted by molar-refractivity contribution is 0.148. The molecule has 2 rings (SSSR count). The van der Waals surface area contributed by atoms with E-state index in [2.05, 4.69) is 24.5 Å². The first-order valence-corrected chi connectivity index (χ1v) is 7.99. The summed E-state index contributed by atoms with van der Waals surface area (Å²) in [4.78, 5) is 11.7. The highest BCUT2D eigenvalue weighted by Crippen LogP contribution is 2.13. The third-order valence-corrected chi connectivity index (χ3v) is 3.29. The molecule has 0 aliphatic heterocycles. The van der Waals surface area contributed by atoms with Crippen molar-refractivity contribution in [2.24, 2.45) is 5.92 Å². The zero-order valence-electron chi connectivity index (χ0n) is 14.0. The molecule has 24 heavy (non-hydrogen) atoms. The highest BCUT2D eigenvalue weighted by Gasteiger charge is 2.11. The summed E-state index contributed by atoms with van der Waals surface area (Å²) in [5.74, 6) is 1.72. The van der Waals surface area contributed by atoms with Gasteiger partial charge >= 0.3 is 6.03 Å². The molecule has 6 heteroatoms. The Bertz CT molecular complexity index is 608. The zero-order chi connectivity index (χ0) is 17.4. The van der Waals surface area contributed by atoms with Crippen molar-refractivity contribution < 1.29 is 19.1 Å². The van der Waals surface area contributed by atoms with Crippen molar-refractivity contribution >= 4 is 6.03 Å². The maximum atomic E-state index is 11.7. The van der Waals surface area contributed by atoms with Crippen molar-refractivity contribution in [1.29, 1.82) is 0 Å². The number of nitrogens with one attached hydrogen (secondary N) is 2. The molecule has 0 aliphatic rings. The summed E-state index contributed by atoms with van der Waals surface area (Å²) < 4.78 is 10.7. The largest absolute Gasteiger partial charge is 0.493 e. The minimum atomic E-state index is -0.858. The smallest absolute Gasteiger partial charge is 0.315 e. The fraction of sp³-hybridized carbons (Fsp3) is 0.389. The predicted octanol–water partition coefficient (Wildman–Crippen LogP) is 2.85. The standard InChI is InChI=1S/C18H24N2O4/c1-13(2)12-24-15-7-5-14(6-8-15)10-19-18(22)20-11-16(21)17-4-3-9-23-17/h3-9,13,16,21H,10-12H2,1-2H3,(H2,19,20,22). The summed E-state index contributed by atoms with van der Waals surface area (Å²) in [6.07, 6.45) is 0.621. The first kappa shape index (κ1) is 17.9. The molecule has 2 amide bonds. The number of carbonyl (C=O) groups is 1. The highest BCUT2D eigenvalue weighted by molar-refractivity contribution is 5.73. The van der Waals surface area contributed by atoms with E-state index in [0.29, 0.717) is 24.8 Å². The molecule has 1 aromatic carbocycles. The van der Waals surface area contributed by atoms with Gasteiger partial charge in [0.2, 0.25) is 0 Å². The quantitative estimate of drug-likeness (QED) is 0.694. The lowest BCUT2D eigenvalue weighted by Crippen LogP contribution is -2.37. The summed E-state index contributed by atoms with van der Waals surface area (Å²) >= 11 is 0. The number of hydrogen-bond acceptors (Lipinski definition) is 4. The second kappa shape index (κ2) is 8.98. The number of aliphatic hydroxyl groups is 1. The molecule has 1 heterocycles. The number of carbonyl (C=O) groups excluding carboxylic acids is 1. The van der Waals surface area contributed by atoms with Crippen LogP contribution in [0.15, 0.2) is 47.1 Å². The average Bonchev–Trinajstić information content (AvgIpc) is 3.11. The van der Waals surface area contributed by atoms with Crippen molar-refractivity contribution in [3.8, 4) is 5.75 Å². The van der Waals surface area contributed by atoms with Crippen molar-refractivity contribution in [1.82, 2.24) is 10.6 Å². The number of benzene rings is 1. The highest BCUT2D eigenvalue weighted by atomic mass is 16.5. The maximum absolute atomic E-state index is 11.7. The second-order valence-corrected chi connectivity index (χ2v) is 5.94. The van der Waals surface area contributed by atoms with Crippen LogP contribution in [0.5, 0.6) is 5.75 Å². The van der Waals surface area contributed by atoms with Crippen LogP contribution in [0.4, 0.5) is 4.79 Å². The topological polar surface area (TPSA) is 83.7 Å². The van der Waals surface area contributed by atoms with Crippen molar-refractivity contribution in [2.75, 3.05) is 13.2 Å². The van der Waals surface area contributed by atoms with E-state index < -0.39 is 6.10 Å². The van der Waals surface area contributed by atoms with Gasteiger partial charge in [-0.15, -0.1) is 0 Å². The van der Waals surface area contributed by atoms with Crippen LogP contribution >= 0.6 is 0 Å². The van der Waals surface area contributed by atoms with E-state index >= 15 is 0 Å². The molecule has 3 N–H and O–H groups in total. The molecule has 0 aliphatic carbocycles. The molecule has 0 bridgehead atoms. The molecular formula is C18H24N2O4. The molecule has 1 atom stereocenters. The van der Waals surface area contributed by atoms with Crippen LogP contribution in [0, 0.1) is 5.92 Å². The Morgan fingerprint density at radius 1 is 1.21 bits per heavy atom. The first-order chi connectivity index (χ1) is 11.5. The van der Waals surface area contributed by atoms with Crippen LogP contribution in [0.2, 0.25) is 0 Å². The van der Waals surface area contributed by atoms with E-state index in [1.165, 1.54) is 6.26 Å². The Hall–Kier alpha value is -2.47. The summed E-state index contributed by atoms with van der Waals surface area (Å²) in [7, 11) is 0. The number of urea groups is 1. The van der Waals surface area contributed by atoms with Crippen LogP contribution in [0.3, 0.4) is 0 Å². The average molecular weight is 332 g/mol. The van der Waals surface area contributed by atoms with E-state index in [-0.39, 0.29) is 12.6 Å². The number of furan rings is 1. The van der Waals surface area contributed by atoms with Gasteiger partial charge in [-0.3, -0.25) is 0 Å². The van der Waals surface area contributed by atoms with Crippen molar-refractivity contribution in [3.05, 3.63) is 54.0 Å². The molecule has 0 fully saturated rings. The van der Waals surface area contributed by atoms with Gasteiger partial charge in [0.25, 0.3) is 0 Å². The summed E-state index contributed by atoms with van der Waals surface area (Å²) in [6.45, 7) is 5.35. The molecule has 0 saturated heterocycles.